The number of allylic oxidation sites excluding steroid dienone is 1. The van der Waals surface area contributed by atoms with Gasteiger partial charge in [-0.3, -0.25) is 0 Å². The van der Waals surface area contributed by atoms with Gasteiger partial charge in [-0.1, -0.05) is 0 Å². The van der Waals surface area contributed by atoms with E-state index in [9.17, 15) is 10.1 Å². The average molecular weight is 300 g/mol. The van der Waals surface area contributed by atoms with Gasteiger partial charge in [0.25, 0.3) is 0 Å². The van der Waals surface area contributed by atoms with Crippen molar-refractivity contribution < 1.29 is 14.3 Å². The molecule has 0 fully saturated rings. The first-order valence-corrected chi connectivity index (χ1v) is 7.22. The number of carbonyl (C=O) groups is 1. The molecular formula is C17H20N2O3. The highest BCUT2D eigenvalue weighted by atomic mass is 16.5. The number of carbonyl (C=O) groups excluding carboxylic acids is 1. The predicted octanol–water partition coefficient (Wildman–Crippen LogP) is 2.45. The summed E-state index contributed by atoms with van der Waals surface area (Å²) in [7, 11) is 3.19. The number of hydrogen-bond acceptors (Lipinski definition) is 5. The molecule has 0 spiro atoms. The van der Waals surface area contributed by atoms with Gasteiger partial charge in [0.1, 0.15) is 5.78 Å². The molecule has 5 nitrogen and oxygen atoms in total. The quantitative estimate of drug-likeness (QED) is 0.846. The summed E-state index contributed by atoms with van der Waals surface area (Å²) in [6, 6.07) is 6.07. The highest BCUT2D eigenvalue weighted by molar-refractivity contribution is 5.79. The van der Waals surface area contributed by atoms with Gasteiger partial charge in [0.2, 0.25) is 0 Å². The molecule has 0 aromatic heterocycles. The Balaban J connectivity index is 2.50. The highest BCUT2D eigenvalue weighted by Crippen LogP contribution is 2.36. The number of ketones is 1. The van der Waals surface area contributed by atoms with Crippen LogP contribution in [0.4, 0.5) is 0 Å². The van der Waals surface area contributed by atoms with E-state index in [2.05, 4.69) is 11.4 Å². The number of fused-ring (bicyclic) bond motifs is 1. The Morgan fingerprint density at radius 3 is 2.55 bits per heavy atom. The number of hydrogen-bond donors (Lipinski definition) is 1. The predicted molar refractivity (Wildman–Crippen MR) is 83.7 cm³/mol. The van der Waals surface area contributed by atoms with Crippen molar-refractivity contribution in [1.29, 1.82) is 5.26 Å². The van der Waals surface area contributed by atoms with Crippen LogP contribution in [0.15, 0.2) is 17.7 Å². The van der Waals surface area contributed by atoms with Crippen LogP contribution in [0.1, 0.15) is 30.9 Å². The highest BCUT2D eigenvalue weighted by Gasteiger charge is 2.21. The van der Waals surface area contributed by atoms with E-state index in [1.807, 2.05) is 12.1 Å². The molecule has 22 heavy (non-hydrogen) atoms. The summed E-state index contributed by atoms with van der Waals surface area (Å²) in [5.74, 6) is 1.40. The van der Waals surface area contributed by atoms with E-state index in [-0.39, 0.29) is 5.78 Å². The van der Waals surface area contributed by atoms with Crippen molar-refractivity contribution in [2.45, 2.75) is 26.2 Å². The first-order chi connectivity index (χ1) is 10.6. The second-order valence-electron chi connectivity index (χ2n) is 5.21. The Bertz CT molecular complexity index is 657. The Labute approximate surface area is 130 Å². The van der Waals surface area contributed by atoms with Crippen molar-refractivity contribution in [3.63, 3.8) is 0 Å². The van der Waals surface area contributed by atoms with Gasteiger partial charge in [-0.25, -0.2) is 0 Å². The number of rotatable bonds is 5. The van der Waals surface area contributed by atoms with E-state index in [4.69, 9.17) is 9.47 Å². The first-order valence-electron chi connectivity index (χ1n) is 7.22. The zero-order valence-corrected chi connectivity index (χ0v) is 13.2. The van der Waals surface area contributed by atoms with E-state index in [1.165, 1.54) is 6.92 Å². The van der Waals surface area contributed by atoms with Crippen LogP contribution in [-0.2, 0) is 11.2 Å². The Hall–Kier alpha value is -2.48. The molecule has 0 atom stereocenters. The summed E-state index contributed by atoms with van der Waals surface area (Å²) in [6.45, 7) is 2.29. The summed E-state index contributed by atoms with van der Waals surface area (Å²) in [6.07, 6.45) is 1.67. The third-order valence-corrected chi connectivity index (χ3v) is 3.74. The number of nitrogens with zero attached hydrogens (tertiary/aromatic N) is 1. The van der Waals surface area contributed by atoms with Crippen molar-refractivity contribution in [1.82, 2.24) is 5.32 Å². The second kappa shape index (κ2) is 6.99. The van der Waals surface area contributed by atoms with Gasteiger partial charge >= 0.3 is 0 Å². The maximum atomic E-state index is 11.2. The van der Waals surface area contributed by atoms with Gasteiger partial charge in [-0.2, -0.15) is 5.26 Å². The van der Waals surface area contributed by atoms with Gasteiger partial charge < -0.3 is 19.6 Å². The lowest BCUT2D eigenvalue weighted by molar-refractivity contribution is -0.116. The molecule has 0 amide bonds. The van der Waals surface area contributed by atoms with Crippen LogP contribution in [0, 0.1) is 11.3 Å². The minimum Gasteiger partial charge on any atom is -0.493 e. The van der Waals surface area contributed by atoms with Crippen LogP contribution in [0.2, 0.25) is 0 Å². The lowest BCUT2D eigenvalue weighted by Gasteiger charge is -2.24. The lowest BCUT2D eigenvalue weighted by atomic mass is 9.93. The largest absolute Gasteiger partial charge is 0.493 e. The van der Waals surface area contributed by atoms with Crippen molar-refractivity contribution in [2.24, 2.45) is 0 Å². The number of methoxy groups -OCH3 is 2. The molecule has 116 valence electrons. The normalized spacial score (nSPS) is 15.2. The summed E-state index contributed by atoms with van der Waals surface area (Å²) in [5, 5.41) is 12.7. The number of nitriles is 1. The molecule has 0 bridgehead atoms. The molecule has 2 rings (SSSR count). The molecule has 1 aromatic rings. The van der Waals surface area contributed by atoms with Crippen LogP contribution in [-0.4, -0.2) is 26.5 Å². The van der Waals surface area contributed by atoms with Gasteiger partial charge in [0, 0.05) is 18.5 Å². The summed E-state index contributed by atoms with van der Waals surface area (Å²) >= 11 is 0. The van der Waals surface area contributed by atoms with Gasteiger partial charge in [0.05, 0.1) is 31.6 Å². The SMILES string of the molecule is COc1cc2c(cc1OC)/C(=C(\C#N)CCC(C)=O)NCC2. The second-order valence-corrected chi connectivity index (χ2v) is 5.21. The first kappa shape index (κ1) is 15.9. The van der Waals surface area contributed by atoms with E-state index in [1.54, 1.807) is 14.2 Å². The lowest BCUT2D eigenvalue weighted by Crippen LogP contribution is -2.24. The van der Waals surface area contributed by atoms with E-state index in [0.717, 1.165) is 29.8 Å². The molecule has 5 heteroatoms. The Morgan fingerprint density at radius 2 is 1.95 bits per heavy atom. The number of benzene rings is 1. The Kier molecular flexibility index (Phi) is 5.05. The summed E-state index contributed by atoms with van der Waals surface area (Å²) < 4.78 is 10.7. The smallest absolute Gasteiger partial charge is 0.161 e. The number of ether oxygens (including phenoxy) is 2. The third kappa shape index (κ3) is 3.22. The van der Waals surface area contributed by atoms with Gasteiger partial charge in [-0.15, -0.1) is 0 Å². The zero-order chi connectivity index (χ0) is 16.1. The summed E-state index contributed by atoms with van der Waals surface area (Å²) in [4.78, 5) is 11.2. The fourth-order valence-electron chi connectivity index (χ4n) is 2.59. The molecule has 1 aliphatic rings. The fraction of sp³-hybridized carbons (Fsp3) is 0.412. The fourth-order valence-corrected chi connectivity index (χ4v) is 2.59. The minimum absolute atomic E-state index is 0.0803. The number of nitrogens with one attached hydrogen (secondary N) is 1. The van der Waals surface area contributed by atoms with Crippen molar-refractivity contribution in [3.05, 3.63) is 28.8 Å². The van der Waals surface area contributed by atoms with E-state index >= 15 is 0 Å². The maximum absolute atomic E-state index is 11.2. The van der Waals surface area contributed by atoms with Crippen LogP contribution in [0.5, 0.6) is 11.5 Å². The maximum Gasteiger partial charge on any atom is 0.161 e. The van der Waals surface area contributed by atoms with E-state index in [0.29, 0.717) is 29.9 Å². The van der Waals surface area contributed by atoms with Crippen molar-refractivity contribution in [2.75, 3.05) is 20.8 Å². The molecule has 0 unspecified atom stereocenters. The topological polar surface area (TPSA) is 71.3 Å². The molecule has 1 N–H and O–H groups in total. The van der Waals surface area contributed by atoms with Crippen LogP contribution in [0.25, 0.3) is 5.70 Å². The van der Waals surface area contributed by atoms with Gasteiger partial charge in [-0.05, 0) is 37.5 Å². The molecule has 0 saturated heterocycles. The standard InChI is InChI=1S/C17H20N2O3/c1-11(20)4-5-13(10-18)17-14-9-16(22-3)15(21-2)8-12(14)6-7-19-17/h8-9,19H,4-7H2,1-3H3/b17-13+. The van der Waals surface area contributed by atoms with Crippen LogP contribution >= 0.6 is 0 Å². The molecule has 0 saturated carbocycles. The molecule has 1 heterocycles. The molecule has 0 aliphatic carbocycles. The van der Waals surface area contributed by atoms with Crippen molar-refractivity contribution in [3.8, 4) is 17.6 Å². The third-order valence-electron chi connectivity index (χ3n) is 3.74. The Morgan fingerprint density at radius 1 is 1.27 bits per heavy atom. The molecule has 1 aliphatic heterocycles. The molecule has 0 radical (unpaired) electrons. The minimum atomic E-state index is 0.0803. The molecular weight excluding hydrogens is 280 g/mol. The monoisotopic (exact) mass is 300 g/mol. The van der Waals surface area contributed by atoms with Crippen molar-refractivity contribution >= 4 is 11.5 Å². The van der Waals surface area contributed by atoms with Gasteiger partial charge in [0.15, 0.2) is 11.5 Å². The molecule has 1 aromatic carbocycles. The van der Waals surface area contributed by atoms with E-state index < -0.39 is 0 Å². The average Bonchev–Trinajstić information content (AvgIpc) is 2.53. The zero-order valence-electron chi connectivity index (χ0n) is 13.2. The van der Waals surface area contributed by atoms with Crippen LogP contribution in [0.3, 0.4) is 0 Å². The van der Waals surface area contributed by atoms with Crippen LogP contribution < -0.4 is 14.8 Å². The summed E-state index contributed by atoms with van der Waals surface area (Å²) in [5.41, 5.74) is 3.46. The number of Topliss-reactive ketones (excluding diaryl/α,β-unsaturated/α-hetero) is 1.